The van der Waals surface area contributed by atoms with E-state index in [9.17, 15) is 0 Å². The number of rotatable bonds is 6. The molecule has 2 heterocycles. The van der Waals surface area contributed by atoms with Crippen LogP contribution in [0.1, 0.15) is 71.5 Å². The Morgan fingerprint density at radius 1 is 1.26 bits per heavy atom. The molecule has 1 aliphatic carbocycles. The van der Waals surface area contributed by atoms with Crippen LogP contribution in [0.3, 0.4) is 0 Å². The Labute approximate surface area is 163 Å². The molecular formula is C20H36N6O. The number of aliphatic imine (C=N–C) groups is 1. The van der Waals surface area contributed by atoms with Gasteiger partial charge < -0.3 is 20.1 Å². The zero-order valence-electron chi connectivity index (χ0n) is 17.4. The fourth-order valence-corrected chi connectivity index (χ4v) is 3.96. The number of aromatic nitrogens is 2. The highest BCUT2D eigenvalue weighted by Crippen LogP contribution is 2.26. The lowest BCUT2D eigenvalue weighted by Gasteiger charge is -2.21. The van der Waals surface area contributed by atoms with Crippen LogP contribution in [0.5, 0.6) is 0 Å². The molecule has 2 N–H and O–H groups in total. The summed E-state index contributed by atoms with van der Waals surface area (Å²) >= 11 is 0. The van der Waals surface area contributed by atoms with Crippen LogP contribution in [0.2, 0.25) is 0 Å². The van der Waals surface area contributed by atoms with Gasteiger partial charge in [-0.2, -0.15) is 4.98 Å². The highest BCUT2D eigenvalue weighted by Gasteiger charge is 2.26. The number of likely N-dealkylation sites (tertiary alicyclic amines) is 1. The van der Waals surface area contributed by atoms with Crippen molar-refractivity contribution in [2.24, 2.45) is 10.9 Å². The molecule has 0 radical (unpaired) electrons. The van der Waals surface area contributed by atoms with Crippen LogP contribution in [-0.2, 0) is 12.0 Å². The van der Waals surface area contributed by atoms with E-state index >= 15 is 0 Å². The molecule has 1 aromatic heterocycles. The minimum Gasteiger partial charge on any atom is -0.357 e. The molecule has 7 nitrogen and oxygen atoms in total. The van der Waals surface area contributed by atoms with Gasteiger partial charge in [0.25, 0.3) is 0 Å². The Balaban J connectivity index is 1.51. The molecule has 152 valence electrons. The Morgan fingerprint density at radius 2 is 2.04 bits per heavy atom. The molecule has 0 bridgehead atoms. The van der Waals surface area contributed by atoms with Crippen molar-refractivity contribution in [1.82, 2.24) is 25.7 Å². The molecule has 1 aromatic rings. The maximum Gasteiger partial charge on any atom is 0.232 e. The third-order valence-electron chi connectivity index (χ3n) is 5.44. The van der Waals surface area contributed by atoms with Gasteiger partial charge in [0.1, 0.15) is 6.54 Å². The van der Waals surface area contributed by atoms with Gasteiger partial charge in [-0.25, -0.2) is 4.99 Å². The highest BCUT2D eigenvalue weighted by atomic mass is 16.5. The van der Waals surface area contributed by atoms with Gasteiger partial charge in [-0.1, -0.05) is 38.8 Å². The molecule has 0 amide bonds. The molecular weight excluding hydrogens is 340 g/mol. The second-order valence-electron chi connectivity index (χ2n) is 9.00. The molecule has 1 aliphatic heterocycles. The largest absolute Gasteiger partial charge is 0.357 e. The van der Waals surface area contributed by atoms with Gasteiger partial charge in [-0.15, -0.1) is 0 Å². The first-order valence-corrected chi connectivity index (χ1v) is 10.5. The fourth-order valence-electron chi connectivity index (χ4n) is 3.96. The van der Waals surface area contributed by atoms with Gasteiger partial charge in [-0.05, 0) is 32.1 Å². The minimum atomic E-state index is -0.135. The van der Waals surface area contributed by atoms with Gasteiger partial charge in [-0.3, -0.25) is 0 Å². The topological polar surface area (TPSA) is 78.6 Å². The standard InChI is InChI=1S/C20H36N6O/c1-5-21-19(22-12-17-24-18(27-25-17)20(2,3)4)23-16-10-11-26(14-16)13-15-8-6-7-9-15/h15-16H,5-14H2,1-4H3,(H2,21,22,23). The highest BCUT2D eigenvalue weighted by molar-refractivity contribution is 5.80. The first kappa shape index (κ1) is 20.1. The van der Waals surface area contributed by atoms with Crippen LogP contribution >= 0.6 is 0 Å². The van der Waals surface area contributed by atoms with Crippen LogP contribution in [0.25, 0.3) is 0 Å². The average molecular weight is 377 g/mol. The molecule has 1 atom stereocenters. The Hall–Kier alpha value is -1.63. The lowest BCUT2D eigenvalue weighted by Crippen LogP contribution is -2.44. The van der Waals surface area contributed by atoms with E-state index in [1.54, 1.807) is 0 Å². The summed E-state index contributed by atoms with van der Waals surface area (Å²) in [5, 5.41) is 11.0. The van der Waals surface area contributed by atoms with Crippen LogP contribution in [-0.4, -0.2) is 53.2 Å². The number of hydrogen-bond donors (Lipinski definition) is 2. The first-order valence-electron chi connectivity index (χ1n) is 10.5. The second-order valence-corrected chi connectivity index (χ2v) is 9.00. The van der Waals surface area contributed by atoms with E-state index in [1.165, 1.54) is 45.2 Å². The van der Waals surface area contributed by atoms with Crippen LogP contribution in [0.15, 0.2) is 9.52 Å². The average Bonchev–Trinajstić information content (AvgIpc) is 3.34. The lowest BCUT2D eigenvalue weighted by molar-refractivity contribution is 0.275. The van der Waals surface area contributed by atoms with Crippen LogP contribution in [0, 0.1) is 5.92 Å². The Morgan fingerprint density at radius 3 is 2.70 bits per heavy atom. The van der Waals surface area contributed by atoms with Crippen LogP contribution in [0.4, 0.5) is 0 Å². The van der Waals surface area contributed by atoms with E-state index in [0.29, 0.717) is 24.3 Å². The smallest absolute Gasteiger partial charge is 0.232 e. The van der Waals surface area contributed by atoms with Crippen molar-refractivity contribution in [2.45, 2.75) is 77.8 Å². The summed E-state index contributed by atoms with van der Waals surface area (Å²) in [7, 11) is 0. The van der Waals surface area contributed by atoms with Gasteiger partial charge in [0.15, 0.2) is 11.8 Å². The minimum absolute atomic E-state index is 0.135. The van der Waals surface area contributed by atoms with Gasteiger partial charge in [0.05, 0.1) is 0 Å². The quantitative estimate of drug-likeness (QED) is 0.587. The number of nitrogens with one attached hydrogen (secondary N) is 2. The molecule has 27 heavy (non-hydrogen) atoms. The van der Waals surface area contributed by atoms with Gasteiger partial charge in [0, 0.05) is 37.6 Å². The molecule has 2 fully saturated rings. The fraction of sp³-hybridized carbons (Fsp3) is 0.850. The summed E-state index contributed by atoms with van der Waals surface area (Å²) in [6.07, 6.45) is 6.85. The van der Waals surface area contributed by atoms with Crippen molar-refractivity contribution in [3.63, 3.8) is 0 Å². The summed E-state index contributed by atoms with van der Waals surface area (Å²) < 4.78 is 5.35. The predicted octanol–water partition coefficient (Wildman–Crippen LogP) is 2.69. The number of hydrogen-bond acceptors (Lipinski definition) is 5. The molecule has 1 saturated carbocycles. The molecule has 0 aromatic carbocycles. The van der Waals surface area contributed by atoms with E-state index in [4.69, 9.17) is 4.52 Å². The molecule has 7 heteroatoms. The van der Waals surface area contributed by atoms with Crippen molar-refractivity contribution >= 4 is 5.96 Å². The Bertz CT molecular complexity index is 614. The summed E-state index contributed by atoms with van der Waals surface area (Å²) in [4.78, 5) is 11.7. The zero-order valence-corrected chi connectivity index (χ0v) is 17.4. The summed E-state index contributed by atoms with van der Waals surface area (Å²) in [6, 6.07) is 0.458. The molecule has 0 spiro atoms. The van der Waals surface area contributed by atoms with E-state index in [0.717, 1.165) is 25.0 Å². The third kappa shape index (κ3) is 5.92. The second kappa shape index (κ2) is 9.04. The van der Waals surface area contributed by atoms with Crippen molar-refractivity contribution < 1.29 is 4.52 Å². The summed E-state index contributed by atoms with van der Waals surface area (Å²) in [6.45, 7) is 13.1. The molecule has 2 aliphatic rings. The summed E-state index contributed by atoms with van der Waals surface area (Å²) in [5.74, 6) is 3.05. The van der Waals surface area contributed by atoms with Crippen LogP contribution < -0.4 is 10.6 Å². The summed E-state index contributed by atoms with van der Waals surface area (Å²) in [5.41, 5.74) is -0.135. The third-order valence-corrected chi connectivity index (χ3v) is 5.44. The lowest BCUT2D eigenvalue weighted by atomic mass is 9.97. The maximum atomic E-state index is 5.35. The van der Waals surface area contributed by atoms with Crippen molar-refractivity contribution in [2.75, 3.05) is 26.2 Å². The van der Waals surface area contributed by atoms with Crippen molar-refractivity contribution in [3.05, 3.63) is 11.7 Å². The van der Waals surface area contributed by atoms with E-state index in [2.05, 4.69) is 58.4 Å². The van der Waals surface area contributed by atoms with Crippen molar-refractivity contribution in [1.29, 1.82) is 0 Å². The number of nitrogens with zero attached hydrogens (tertiary/aromatic N) is 4. The maximum absolute atomic E-state index is 5.35. The van der Waals surface area contributed by atoms with Gasteiger partial charge >= 0.3 is 0 Å². The Kier molecular flexibility index (Phi) is 6.73. The predicted molar refractivity (Wildman–Crippen MR) is 108 cm³/mol. The monoisotopic (exact) mass is 376 g/mol. The van der Waals surface area contributed by atoms with Gasteiger partial charge in [0.2, 0.25) is 5.89 Å². The molecule has 3 rings (SSSR count). The van der Waals surface area contributed by atoms with E-state index < -0.39 is 0 Å². The SMILES string of the molecule is CCNC(=NCc1noc(C(C)(C)C)n1)NC1CCN(CC2CCCC2)C1. The van der Waals surface area contributed by atoms with Crippen molar-refractivity contribution in [3.8, 4) is 0 Å². The molecule has 1 saturated heterocycles. The molecule has 1 unspecified atom stereocenters. The first-order chi connectivity index (χ1) is 12.9. The normalized spacial score (nSPS) is 22.5. The van der Waals surface area contributed by atoms with E-state index in [-0.39, 0.29) is 5.41 Å². The zero-order chi connectivity index (χ0) is 19.3. The van der Waals surface area contributed by atoms with E-state index in [1.807, 2.05) is 0 Å². The number of guanidine groups is 1.